The zero-order chi connectivity index (χ0) is 19.1. The summed E-state index contributed by atoms with van der Waals surface area (Å²) >= 11 is 0. The van der Waals surface area contributed by atoms with Crippen molar-refractivity contribution in [3.63, 3.8) is 0 Å². The molecule has 0 unspecified atom stereocenters. The first kappa shape index (κ1) is 20.5. The number of esters is 1. The Kier molecular flexibility index (Phi) is 7.00. The van der Waals surface area contributed by atoms with Crippen molar-refractivity contribution < 1.29 is 22.7 Å². The Hall–Kier alpha value is -2.53. The molecule has 2 N–H and O–H groups in total. The quantitative estimate of drug-likeness (QED) is 0.537. The van der Waals surface area contributed by atoms with Crippen LogP contribution in [0.2, 0.25) is 0 Å². The van der Waals surface area contributed by atoms with E-state index in [0.29, 0.717) is 12.8 Å². The molecule has 0 heterocycles. The number of anilines is 1. The lowest BCUT2D eigenvalue weighted by molar-refractivity contribution is -0.125. The molecule has 0 aliphatic heterocycles. The molecule has 0 saturated heterocycles. The smallest absolute Gasteiger partial charge is 0.338 e. The molecule has 0 atom stereocenters. The van der Waals surface area contributed by atoms with Crippen molar-refractivity contribution in [2.75, 3.05) is 17.6 Å². The fraction of sp³-hybridized carbons (Fsp3) is 0.412. The highest BCUT2D eigenvalue weighted by Gasteiger charge is 2.25. The summed E-state index contributed by atoms with van der Waals surface area (Å²) in [7, 11) is -3.46. The summed E-state index contributed by atoms with van der Waals surface area (Å²) < 4.78 is 29.7. The van der Waals surface area contributed by atoms with Crippen molar-refractivity contribution >= 4 is 27.6 Å². The second-order valence-corrected chi connectivity index (χ2v) is 7.26. The van der Waals surface area contributed by atoms with Gasteiger partial charge in [-0.25, -0.2) is 13.2 Å². The lowest BCUT2D eigenvalue weighted by Crippen LogP contribution is -2.48. The van der Waals surface area contributed by atoms with Crippen molar-refractivity contribution in [2.24, 2.45) is 0 Å². The molecule has 0 bridgehead atoms. The van der Waals surface area contributed by atoms with Gasteiger partial charge in [0.25, 0.3) is 5.91 Å². The van der Waals surface area contributed by atoms with E-state index in [1.54, 1.807) is 0 Å². The maximum absolute atomic E-state index is 12.0. The predicted octanol–water partition coefficient (Wildman–Crippen LogP) is 1.52. The number of hydrogen-bond donors (Lipinski definition) is 2. The summed E-state index contributed by atoms with van der Waals surface area (Å²) in [4.78, 5) is 24.0. The van der Waals surface area contributed by atoms with Gasteiger partial charge in [-0.3, -0.25) is 9.52 Å². The highest BCUT2D eigenvalue weighted by molar-refractivity contribution is 7.92. The average Bonchev–Trinajstić information content (AvgIpc) is 2.56. The van der Waals surface area contributed by atoms with E-state index in [0.717, 1.165) is 6.26 Å². The van der Waals surface area contributed by atoms with E-state index in [-0.39, 0.29) is 11.3 Å². The van der Waals surface area contributed by atoms with Gasteiger partial charge in [-0.2, -0.15) is 0 Å². The molecule has 0 aliphatic rings. The van der Waals surface area contributed by atoms with Gasteiger partial charge in [0.15, 0.2) is 6.61 Å². The first-order chi connectivity index (χ1) is 11.6. The van der Waals surface area contributed by atoms with Crippen LogP contribution < -0.4 is 10.0 Å². The summed E-state index contributed by atoms with van der Waals surface area (Å²) in [5, 5.41) is 2.68. The molecule has 1 aromatic carbocycles. The molecule has 0 aromatic heterocycles. The van der Waals surface area contributed by atoms with Gasteiger partial charge in [0.1, 0.15) is 5.54 Å². The molecule has 136 valence electrons. The van der Waals surface area contributed by atoms with Crippen molar-refractivity contribution in [2.45, 2.75) is 32.2 Å². The maximum atomic E-state index is 12.0. The van der Waals surface area contributed by atoms with Crippen LogP contribution in [0.1, 0.15) is 37.0 Å². The van der Waals surface area contributed by atoms with Crippen molar-refractivity contribution in [1.29, 1.82) is 0 Å². The molecule has 25 heavy (non-hydrogen) atoms. The van der Waals surface area contributed by atoms with Crippen LogP contribution in [0.5, 0.6) is 0 Å². The molecule has 8 heteroatoms. The van der Waals surface area contributed by atoms with Crippen LogP contribution in [-0.2, 0) is 19.6 Å². The molecular formula is C17H22N2O5S. The Morgan fingerprint density at radius 2 is 1.92 bits per heavy atom. The monoisotopic (exact) mass is 366 g/mol. The van der Waals surface area contributed by atoms with Gasteiger partial charge in [-0.05, 0) is 31.0 Å². The number of nitrogens with one attached hydrogen (secondary N) is 2. The number of rotatable bonds is 8. The van der Waals surface area contributed by atoms with Crippen LogP contribution >= 0.6 is 0 Å². The third-order valence-corrected chi connectivity index (χ3v) is 4.20. The fourth-order valence-corrected chi connectivity index (χ4v) is 2.66. The third-order valence-electron chi connectivity index (χ3n) is 3.60. The van der Waals surface area contributed by atoms with Crippen molar-refractivity contribution in [1.82, 2.24) is 5.32 Å². The topological polar surface area (TPSA) is 102 Å². The highest BCUT2D eigenvalue weighted by atomic mass is 32.2. The van der Waals surface area contributed by atoms with E-state index in [4.69, 9.17) is 11.2 Å². The number of amides is 1. The van der Waals surface area contributed by atoms with Gasteiger partial charge >= 0.3 is 5.97 Å². The third kappa shape index (κ3) is 6.47. The van der Waals surface area contributed by atoms with Crippen LogP contribution in [-0.4, -0.2) is 38.7 Å². The SMILES string of the molecule is C#CC(CC)(CC)NC(=O)COC(=O)c1cccc(NS(C)(=O)=O)c1. The molecule has 0 radical (unpaired) electrons. The first-order valence-electron chi connectivity index (χ1n) is 7.68. The zero-order valence-electron chi connectivity index (χ0n) is 14.5. The molecular weight excluding hydrogens is 344 g/mol. The molecule has 1 rings (SSSR count). The van der Waals surface area contributed by atoms with E-state index >= 15 is 0 Å². The summed E-state index contributed by atoms with van der Waals surface area (Å²) in [6.07, 6.45) is 7.57. The summed E-state index contributed by atoms with van der Waals surface area (Å²) in [5.41, 5.74) is -0.414. The predicted molar refractivity (Wildman–Crippen MR) is 95.5 cm³/mol. The Bertz CT molecular complexity index is 776. The van der Waals surface area contributed by atoms with Gasteiger partial charge in [-0.15, -0.1) is 6.42 Å². The molecule has 0 saturated carbocycles. The highest BCUT2D eigenvalue weighted by Crippen LogP contribution is 2.14. The summed E-state index contributed by atoms with van der Waals surface area (Å²) in [5.74, 6) is 1.31. The number of benzene rings is 1. The Labute approximate surface area is 148 Å². The molecule has 0 fully saturated rings. The van der Waals surface area contributed by atoms with E-state index in [2.05, 4.69) is 16.0 Å². The van der Waals surface area contributed by atoms with E-state index in [9.17, 15) is 18.0 Å². The van der Waals surface area contributed by atoms with Crippen LogP contribution in [0.4, 0.5) is 5.69 Å². The minimum atomic E-state index is -3.46. The minimum absolute atomic E-state index is 0.121. The number of terminal acetylenes is 1. The minimum Gasteiger partial charge on any atom is -0.452 e. The molecule has 1 aromatic rings. The number of sulfonamides is 1. The van der Waals surface area contributed by atoms with E-state index in [1.165, 1.54) is 24.3 Å². The van der Waals surface area contributed by atoms with Crippen molar-refractivity contribution in [3.8, 4) is 12.3 Å². The molecule has 0 aliphatic carbocycles. The normalized spacial score (nSPS) is 11.3. The first-order valence-corrected chi connectivity index (χ1v) is 9.57. The fourth-order valence-electron chi connectivity index (χ4n) is 2.11. The van der Waals surface area contributed by atoms with Gasteiger partial charge in [-0.1, -0.05) is 25.8 Å². The van der Waals surface area contributed by atoms with Gasteiger partial charge in [0, 0.05) is 5.69 Å². The number of carbonyl (C=O) groups excluding carboxylic acids is 2. The summed E-state index contributed by atoms with van der Waals surface area (Å²) in [6, 6.07) is 5.78. The lowest BCUT2D eigenvalue weighted by Gasteiger charge is -2.26. The van der Waals surface area contributed by atoms with Crippen LogP contribution in [0.15, 0.2) is 24.3 Å². The van der Waals surface area contributed by atoms with Crippen LogP contribution in [0.3, 0.4) is 0 Å². The maximum Gasteiger partial charge on any atom is 0.338 e. The van der Waals surface area contributed by atoms with Crippen molar-refractivity contribution in [3.05, 3.63) is 29.8 Å². The summed E-state index contributed by atoms with van der Waals surface area (Å²) in [6.45, 7) is 3.23. The largest absolute Gasteiger partial charge is 0.452 e. The van der Waals surface area contributed by atoms with E-state index in [1.807, 2.05) is 13.8 Å². The van der Waals surface area contributed by atoms with E-state index < -0.39 is 34.0 Å². The molecule has 0 spiro atoms. The van der Waals surface area contributed by atoms with Crippen LogP contribution in [0.25, 0.3) is 0 Å². The molecule has 1 amide bonds. The van der Waals surface area contributed by atoms with Crippen LogP contribution in [0, 0.1) is 12.3 Å². The van der Waals surface area contributed by atoms with Gasteiger partial charge in [0.05, 0.1) is 11.8 Å². The lowest BCUT2D eigenvalue weighted by atomic mass is 9.94. The number of hydrogen-bond acceptors (Lipinski definition) is 5. The second kappa shape index (κ2) is 8.53. The Morgan fingerprint density at radius 1 is 1.28 bits per heavy atom. The molecule has 7 nitrogen and oxygen atoms in total. The standard InChI is InChI=1S/C17H22N2O5S/c1-5-17(6-2,7-3)18-15(20)12-24-16(21)13-9-8-10-14(11-13)19-25(4,22)23/h1,8-11,19H,6-7,12H2,2-4H3,(H,18,20). The number of carbonyl (C=O) groups is 2. The second-order valence-electron chi connectivity index (χ2n) is 5.51. The Morgan fingerprint density at radius 3 is 2.44 bits per heavy atom. The van der Waals surface area contributed by atoms with Gasteiger partial charge < -0.3 is 10.1 Å². The van der Waals surface area contributed by atoms with Gasteiger partial charge in [0.2, 0.25) is 10.0 Å². The number of ether oxygens (including phenoxy) is 1. The Balaban J connectivity index is 2.70. The zero-order valence-corrected chi connectivity index (χ0v) is 15.3. The average molecular weight is 366 g/mol.